The second-order valence-electron chi connectivity index (χ2n) is 4.81. The number of rotatable bonds is 6. The number of nitrogens with one attached hydrogen (secondary N) is 2. The number of benzene rings is 2. The van der Waals surface area contributed by atoms with Gasteiger partial charge in [-0.15, -0.1) is 0 Å². The quantitative estimate of drug-likeness (QED) is 0.765. The van der Waals surface area contributed by atoms with Crippen LogP contribution >= 0.6 is 0 Å². The normalized spacial score (nSPS) is 11.4. The zero-order valence-corrected chi connectivity index (χ0v) is 13.1. The molecule has 3 N–H and O–H groups in total. The number of hydrogen-bond donors (Lipinski definition) is 3. The minimum absolute atomic E-state index is 0.202. The van der Waals surface area contributed by atoms with E-state index in [0.29, 0.717) is 17.2 Å². The van der Waals surface area contributed by atoms with Crippen LogP contribution in [-0.4, -0.2) is 32.0 Å². The summed E-state index contributed by atoms with van der Waals surface area (Å²) < 4.78 is 10.4. The summed E-state index contributed by atoms with van der Waals surface area (Å²) in [4.78, 5) is 12.2. The van der Waals surface area contributed by atoms with Gasteiger partial charge in [0.15, 0.2) is 0 Å². The molecule has 6 heteroatoms. The topological polar surface area (TPSA) is 79.8 Å². The van der Waals surface area contributed by atoms with E-state index in [1.807, 2.05) is 30.3 Å². The maximum absolute atomic E-state index is 12.2. The van der Waals surface area contributed by atoms with E-state index in [1.165, 1.54) is 7.11 Å². The van der Waals surface area contributed by atoms with E-state index in [9.17, 15) is 9.90 Å². The molecule has 0 saturated heterocycles. The van der Waals surface area contributed by atoms with Gasteiger partial charge in [0.1, 0.15) is 11.5 Å². The summed E-state index contributed by atoms with van der Waals surface area (Å²) >= 11 is 0. The average molecular weight is 316 g/mol. The van der Waals surface area contributed by atoms with Gasteiger partial charge in [-0.05, 0) is 17.7 Å². The molecule has 0 spiro atoms. The molecule has 2 amide bonds. The van der Waals surface area contributed by atoms with Gasteiger partial charge in [0.25, 0.3) is 0 Å². The highest BCUT2D eigenvalue weighted by Crippen LogP contribution is 2.28. The molecule has 0 radical (unpaired) electrons. The molecule has 0 aliphatic rings. The molecule has 1 atom stereocenters. The van der Waals surface area contributed by atoms with Crippen LogP contribution in [0.4, 0.5) is 10.5 Å². The van der Waals surface area contributed by atoms with Crippen molar-refractivity contribution in [2.24, 2.45) is 0 Å². The summed E-state index contributed by atoms with van der Waals surface area (Å²) in [7, 11) is 3.06. The van der Waals surface area contributed by atoms with Gasteiger partial charge in [-0.3, -0.25) is 0 Å². The number of carbonyl (C=O) groups is 1. The van der Waals surface area contributed by atoms with E-state index < -0.39 is 12.1 Å². The minimum atomic E-state index is -0.493. The van der Waals surface area contributed by atoms with Crippen molar-refractivity contribution in [2.45, 2.75) is 6.04 Å². The molecule has 122 valence electrons. The number of urea groups is 1. The molecule has 2 aromatic carbocycles. The lowest BCUT2D eigenvalue weighted by Crippen LogP contribution is -2.34. The highest BCUT2D eigenvalue weighted by Gasteiger charge is 2.15. The summed E-state index contributed by atoms with van der Waals surface area (Å²) in [6, 6.07) is 13.4. The highest BCUT2D eigenvalue weighted by molar-refractivity contribution is 5.91. The number of methoxy groups -OCH3 is 2. The number of anilines is 1. The van der Waals surface area contributed by atoms with Gasteiger partial charge in [0.05, 0.1) is 32.6 Å². The van der Waals surface area contributed by atoms with Crippen LogP contribution in [0.15, 0.2) is 48.5 Å². The number of carbonyl (C=O) groups excluding carboxylic acids is 1. The van der Waals surface area contributed by atoms with E-state index >= 15 is 0 Å². The smallest absolute Gasteiger partial charge is 0.319 e. The maximum Gasteiger partial charge on any atom is 0.319 e. The molecule has 23 heavy (non-hydrogen) atoms. The SMILES string of the molecule is COc1ccc(OC)c(NC(=O)N[C@H](CO)c2ccccc2)c1. The number of hydrogen-bond acceptors (Lipinski definition) is 4. The fraction of sp³-hybridized carbons (Fsp3) is 0.235. The number of aliphatic hydroxyl groups is 1. The predicted octanol–water partition coefficient (Wildman–Crippen LogP) is 2.56. The summed E-state index contributed by atoms with van der Waals surface area (Å²) in [6.45, 7) is -0.202. The van der Waals surface area contributed by atoms with Crippen molar-refractivity contribution in [3.05, 3.63) is 54.1 Å². The van der Waals surface area contributed by atoms with Crippen molar-refractivity contribution in [3.8, 4) is 11.5 Å². The molecule has 0 saturated carbocycles. The standard InChI is InChI=1S/C17H20N2O4/c1-22-13-8-9-16(23-2)14(10-13)18-17(21)19-15(11-20)12-6-4-3-5-7-12/h3-10,15,20H,11H2,1-2H3,(H2,18,19,21)/t15-/m1/s1. The zero-order valence-electron chi connectivity index (χ0n) is 13.1. The summed E-state index contributed by atoms with van der Waals surface area (Å²) in [5.41, 5.74) is 1.30. The first-order valence-corrected chi connectivity index (χ1v) is 7.13. The van der Waals surface area contributed by atoms with Crippen molar-refractivity contribution in [2.75, 3.05) is 26.1 Å². The lowest BCUT2D eigenvalue weighted by molar-refractivity contribution is 0.225. The molecule has 0 aliphatic carbocycles. The van der Waals surface area contributed by atoms with Gasteiger partial charge in [-0.2, -0.15) is 0 Å². The third kappa shape index (κ3) is 4.37. The molecule has 6 nitrogen and oxygen atoms in total. The van der Waals surface area contributed by atoms with Gasteiger partial charge < -0.3 is 25.2 Å². The van der Waals surface area contributed by atoms with Crippen molar-refractivity contribution >= 4 is 11.7 Å². The Bertz CT molecular complexity index is 646. The predicted molar refractivity (Wildman–Crippen MR) is 88.0 cm³/mol. The minimum Gasteiger partial charge on any atom is -0.497 e. The third-order valence-corrected chi connectivity index (χ3v) is 3.34. The Morgan fingerprint density at radius 1 is 1.13 bits per heavy atom. The van der Waals surface area contributed by atoms with E-state index in [2.05, 4.69) is 10.6 Å². The number of aliphatic hydroxyl groups excluding tert-OH is 1. The first-order chi connectivity index (χ1) is 11.2. The molecular formula is C17H20N2O4. The Morgan fingerprint density at radius 3 is 2.48 bits per heavy atom. The fourth-order valence-corrected chi connectivity index (χ4v) is 2.15. The Morgan fingerprint density at radius 2 is 1.87 bits per heavy atom. The van der Waals surface area contributed by atoms with Crippen molar-refractivity contribution in [3.63, 3.8) is 0 Å². The molecule has 0 aliphatic heterocycles. The van der Waals surface area contributed by atoms with Gasteiger partial charge in [0.2, 0.25) is 0 Å². The van der Waals surface area contributed by atoms with Crippen LogP contribution in [0.25, 0.3) is 0 Å². The van der Waals surface area contributed by atoms with Gasteiger partial charge >= 0.3 is 6.03 Å². The van der Waals surface area contributed by atoms with Crippen molar-refractivity contribution < 1.29 is 19.4 Å². The van der Waals surface area contributed by atoms with Crippen LogP contribution in [0.3, 0.4) is 0 Å². The molecular weight excluding hydrogens is 296 g/mol. The molecule has 0 bridgehead atoms. The highest BCUT2D eigenvalue weighted by atomic mass is 16.5. The van der Waals surface area contributed by atoms with Crippen molar-refractivity contribution in [1.29, 1.82) is 0 Å². The van der Waals surface area contributed by atoms with Crippen LogP contribution in [0.1, 0.15) is 11.6 Å². The van der Waals surface area contributed by atoms with Crippen LogP contribution in [0, 0.1) is 0 Å². The summed E-state index contributed by atoms with van der Waals surface area (Å²) in [5.74, 6) is 1.11. The fourth-order valence-electron chi connectivity index (χ4n) is 2.15. The Balaban J connectivity index is 2.09. The largest absolute Gasteiger partial charge is 0.497 e. The second kappa shape index (κ2) is 8.05. The second-order valence-corrected chi connectivity index (χ2v) is 4.81. The van der Waals surface area contributed by atoms with Crippen LogP contribution in [0.5, 0.6) is 11.5 Å². The lowest BCUT2D eigenvalue weighted by Gasteiger charge is -2.18. The number of amides is 2. The lowest BCUT2D eigenvalue weighted by atomic mass is 10.1. The monoisotopic (exact) mass is 316 g/mol. The zero-order chi connectivity index (χ0) is 16.7. The van der Waals surface area contributed by atoms with E-state index in [-0.39, 0.29) is 6.61 Å². The van der Waals surface area contributed by atoms with E-state index in [0.717, 1.165) is 5.56 Å². The Labute approximate surface area is 135 Å². The molecule has 0 fully saturated rings. The average Bonchev–Trinajstić information content (AvgIpc) is 2.60. The molecule has 2 rings (SSSR count). The van der Waals surface area contributed by atoms with Crippen molar-refractivity contribution in [1.82, 2.24) is 5.32 Å². The Kier molecular flexibility index (Phi) is 5.82. The van der Waals surface area contributed by atoms with Crippen LogP contribution in [-0.2, 0) is 0 Å². The first-order valence-electron chi connectivity index (χ1n) is 7.13. The maximum atomic E-state index is 12.2. The molecule has 2 aromatic rings. The Hall–Kier alpha value is -2.73. The molecule has 0 heterocycles. The van der Waals surface area contributed by atoms with E-state index in [1.54, 1.807) is 25.3 Å². The van der Waals surface area contributed by atoms with Gasteiger partial charge in [-0.25, -0.2) is 4.79 Å². The van der Waals surface area contributed by atoms with Crippen LogP contribution in [0.2, 0.25) is 0 Å². The van der Waals surface area contributed by atoms with Gasteiger partial charge in [0, 0.05) is 6.07 Å². The van der Waals surface area contributed by atoms with E-state index in [4.69, 9.17) is 9.47 Å². The molecule has 0 unspecified atom stereocenters. The third-order valence-electron chi connectivity index (χ3n) is 3.34. The summed E-state index contributed by atoms with van der Waals surface area (Å²) in [6.07, 6.45) is 0. The number of ether oxygens (including phenoxy) is 2. The summed E-state index contributed by atoms with van der Waals surface area (Å²) in [5, 5.41) is 14.9. The molecule has 0 aromatic heterocycles. The van der Waals surface area contributed by atoms with Crippen LogP contribution < -0.4 is 20.1 Å². The van der Waals surface area contributed by atoms with Gasteiger partial charge in [-0.1, -0.05) is 30.3 Å². The first kappa shape index (κ1) is 16.6.